The van der Waals surface area contributed by atoms with Crippen molar-refractivity contribution in [3.05, 3.63) is 35.6 Å². The highest BCUT2D eigenvalue weighted by atomic mass is 19.1. The molecule has 1 saturated heterocycles. The molecule has 6 heteroatoms. The first-order valence-electron chi connectivity index (χ1n) is 7.92. The average molecular weight is 324 g/mol. The molecule has 0 saturated carbocycles. The SMILES string of the molecule is COCCCN(C)CC(=O)N1CCOC(c2ccc(F)cc2)C1. The van der Waals surface area contributed by atoms with Gasteiger partial charge in [-0.05, 0) is 31.2 Å². The molecule has 128 valence electrons. The Bertz CT molecular complexity index is 495. The van der Waals surface area contributed by atoms with Crippen LogP contribution in [0.4, 0.5) is 4.39 Å². The molecule has 0 radical (unpaired) electrons. The number of hydrogen-bond donors (Lipinski definition) is 0. The van der Waals surface area contributed by atoms with Crippen molar-refractivity contribution in [2.45, 2.75) is 12.5 Å². The van der Waals surface area contributed by atoms with E-state index < -0.39 is 0 Å². The number of likely N-dealkylation sites (N-methyl/N-ethyl adjacent to an activating group) is 1. The molecule has 0 aromatic heterocycles. The van der Waals surface area contributed by atoms with Gasteiger partial charge >= 0.3 is 0 Å². The second kappa shape index (κ2) is 8.96. The van der Waals surface area contributed by atoms with E-state index in [2.05, 4.69) is 0 Å². The van der Waals surface area contributed by atoms with Crippen molar-refractivity contribution in [1.29, 1.82) is 0 Å². The molecule has 1 aromatic rings. The van der Waals surface area contributed by atoms with Gasteiger partial charge in [0, 0.05) is 26.8 Å². The molecule has 1 amide bonds. The van der Waals surface area contributed by atoms with Gasteiger partial charge in [0.1, 0.15) is 11.9 Å². The fraction of sp³-hybridized carbons (Fsp3) is 0.588. The number of morpholine rings is 1. The van der Waals surface area contributed by atoms with E-state index in [1.807, 2.05) is 16.8 Å². The number of ether oxygens (including phenoxy) is 2. The highest BCUT2D eigenvalue weighted by Crippen LogP contribution is 2.22. The molecule has 1 unspecified atom stereocenters. The van der Waals surface area contributed by atoms with Gasteiger partial charge in [0.15, 0.2) is 0 Å². The summed E-state index contributed by atoms with van der Waals surface area (Å²) >= 11 is 0. The smallest absolute Gasteiger partial charge is 0.236 e. The molecule has 2 rings (SSSR count). The summed E-state index contributed by atoms with van der Waals surface area (Å²) in [4.78, 5) is 16.2. The van der Waals surface area contributed by atoms with Crippen LogP contribution in [0.25, 0.3) is 0 Å². The fourth-order valence-corrected chi connectivity index (χ4v) is 2.64. The van der Waals surface area contributed by atoms with Crippen LogP contribution in [0.3, 0.4) is 0 Å². The van der Waals surface area contributed by atoms with Crippen molar-refractivity contribution in [3.63, 3.8) is 0 Å². The molecule has 1 heterocycles. The maximum absolute atomic E-state index is 13.0. The molecule has 1 atom stereocenters. The van der Waals surface area contributed by atoms with Crippen LogP contribution in [0.1, 0.15) is 18.1 Å². The van der Waals surface area contributed by atoms with Gasteiger partial charge in [-0.25, -0.2) is 4.39 Å². The average Bonchev–Trinajstić information content (AvgIpc) is 2.56. The fourth-order valence-electron chi connectivity index (χ4n) is 2.64. The summed E-state index contributed by atoms with van der Waals surface area (Å²) < 4.78 is 23.8. The topological polar surface area (TPSA) is 42.0 Å². The van der Waals surface area contributed by atoms with Gasteiger partial charge < -0.3 is 14.4 Å². The van der Waals surface area contributed by atoms with E-state index in [4.69, 9.17) is 9.47 Å². The number of rotatable bonds is 7. The number of carbonyl (C=O) groups excluding carboxylic acids is 1. The van der Waals surface area contributed by atoms with Crippen molar-refractivity contribution in [3.8, 4) is 0 Å². The van der Waals surface area contributed by atoms with E-state index in [0.717, 1.165) is 18.5 Å². The second-order valence-corrected chi connectivity index (χ2v) is 5.83. The Morgan fingerprint density at radius 1 is 1.43 bits per heavy atom. The molecule has 0 spiro atoms. The standard InChI is InChI=1S/C17H25FN2O3/c1-19(8-3-10-22-2)13-17(21)20-9-11-23-16(12-20)14-4-6-15(18)7-5-14/h4-7,16H,3,8-13H2,1-2H3. The molecule has 5 nitrogen and oxygen atoms in total. The quantitative estimate of drug-likeness (QED) is 0.716. The van der Waals surface area contributed by atoms with Crippen molar-refractivity contribution in [1.82, 2.24) is 9.80 Å². The Hall–Kier alpha value is -1.50. The predicted octanol–water partition coefficient (Wildman–Crippen LogP) is 1.69. The molecule has 1 aromatic carbocycles. The predicted molar refractivity (Wildman–Crippen MR) is 85.7 cm³/mol. The van der Waals surface area contributed by atoms with Gasteiger partial charge in [-0.1, -0.05) is 12.1 Å². The Morgan fingerprint density at radius 3 is 2.87 bits per heavy atom. The molecular formula is C17H25FN2O3. The van der Waals surface area contributed by atoms with Gasteiger partial charge in [-0.15, -0.1) is 0 Å². The van der Waals surface area contributed by atoms with E-state index in [1.165, 1.54) is 12.1 Å². The lowest BCUT2D eigenvalue weighted by molar-refractivity contribution is -0.140. The van der Waals surface area contributed by atoms with Crippen molar-refractivity contribution < 1.29 is 18.7 Å². The van der Waals surface area contributed by atoms with Crippen LogP contribution in [-0.4, -0.2) is 69.3 Å². The molecule has 23 heavy (non-hydrogen) atoms. The third kappa shape index (κ3) is 5.57. The van der Waals surface area contributed by atoms with Gasteiger partial charge in [0.05, 0.1) is 19.7 Å². The maximum atomic E-state index is 13.0. The molecule has 0 aliphatic carbocycles. The summed E-state index contributed by atoms with van der Waals surface area (Å²) in [5.74, 6) is -0.171. The molecule has 1 fully saturated rings. The zero-order valence-corrected chi connectivity index (χ0v) is 13.8. The van der Waals surface area contributed by atoms with E-state index in [-0.39, 0.29) is 17.8 Å². The Morgan fingerprint density at radius 2 is 2.17 bits per heavy atom. The summed E-state index contributed by atoms with van der Waals surface area (Å²) in [6.45, 7) is 3.52. The lowest BCUT2D eigenvalue weighted by atomic mass is 10.1. The zero-order valence-electron chi connectivity index (χ0n) is 13.8. The first-order valence-corrected chi connectivity index (χ1v) is 7.92. The number of halogens is 1. The number of amides is 1. The maximum Gasteiger partial charge on any atom is 0.236 e. The zero-order chi connectivity index (χ0) is 16.7. The first kappa shape index (κ1) is 17.8. The van der Waals surface area contributed by atoms with Gasteiger partial charge in [0.25, 0.3) is 0 Å². The van der Waals surface area contributed by atoms with Gasteiger partial charge in [0.2, 0.25) is 5.91 Å². The summed E-state index contributed by atoms with van der Waals surface area (Å²) in [5.41, 5.74) is 0.900. The van der Waals surface area contributed by atoms with Gasteiger partial charge in [-0.2, -0.15) is 0 Å². The minimum atomic E-state index is -0.268. The summed E-state index contributed by atoms with van der Waals surface area (Å²) in [6.07, 6.45) is 0.716. The Balaban J connectivity index is 1.85. The number of methoxy groups -OCH3 is 1. The highest BCUT2D eigenvalue weighted by Gasteiger charge is 2.25. The largest absolute Gasteiger partial charge is 0.385 e. The van der Waals surface area contributed by atoms with E-state index in [1.54, 1.807) is 19.2 Å². The van der Waals surface area contributed by atoms with E-state index in [9.17, 15) is 9.18 Å². The summed E-state index contributed by atoms with van der Waals surface area (Å²) in [7, 11) is 3.61. The highest BCUT2D eigenvalue weighted by molar-refractivity contribution is 5.78. The number of benzene rings is 1. The number of nitrogens with zero attached hydrogens (tertiary/aromatic N) is 2. The monoisotopic (exact) mass is 324 g/mol. The number of carbonyl (C=O) groups is 1. The molecule has 1 aliphatic rings. The van der Waals surface area contributed by atoms with Crippen molar-refractivity contribution >= 4 is 5.91 Å². The number of hydrogen-bond acceptors (Lipinski definition) is 4. The minimum Gasteiger partial charge on any atom is -0.385 e. The third-order valence-electron chi connectivity index (χ3n) is 3.95. The Labute approximate surface area is 137 Å². The third-order valence-corrected chi connectivity index (χ3v) is 3.95. The van der Waals surface area contributed by atoms with Crippen LogP contribution < -0.4 is 0 Å². The summed E-state index contributed by atoms with van der Waals surface area (Å²) in [5, 5.41) is 0. The van der Waals surface area contributed by atoms with Crippen LogP contribution in [0, 0.1) is 5.82 Å². The van der Waals surface area contributed by atoms with Crippen LogP contribution in [0.2, 0.25) is 0 Å². The van der Waals surface area contributed by atoms with Crippen LogP contribution in [0.5, 0.6) is 0 Å². The molecular weight excluding hydrogens is 299 g/mol. The lowest BCUT2D eigenvalue weighted by Gasteiger charge is -2.34. The van der Waals surface area contributed by atoms with E-state index in [0.29, 0.717) is 32.8 Å². The minimum absolute atomic E-state index is 0.0975. The lowest BCUT2D eigenvalue weighted by Crippen LogP contribution is -2.46. The van der Waals surface area contributed by atoms with Crippen LogP contribution in [0.15, 0.2) is 24.3 Å². The second-order valence-electron chi connectivity index (χ2n) is 5.83. The summed E-state index contributed by atoms with van der Waals surface area (Å²) in [6, 6.07) is 6.27. The van der Waals surface area contributed by atoms with Crippen molar-refractivity contribution in [2.24, 2.45) is 0 Å². The van der Waals surface area contributed by atoms with Crippen LogP contribution in [-0.2, 0) is 14.3 Å². The molecule has 0 N–H and O–H groups in total. The van der Waals surface area contributed by atoms with Crippen LogP contribution >= 0.6 is 0 Å². The first-order chi connectivity index (χ1) is 11.1. The Kier molecular flexibility index (Phi) is 6.95. The normalized spacial score (nSPS) is 18.4. The van der Waals surface area contributed by atoms with E-state index >= 15 is 0 Å². The molecule has 1 aliphatic heterocycles. The van der Waals surface area contributed by atoms with Crippen molar-refractivity contribution in [2.75, 3.05) is 53.6 Å². The molecule has 0 bridgehead atoms. The van der Waals surface area contributed by atoms with Gasteiger partial charge in [-0.3, -0.25) is 9.69 Å².